The molecule has 3 rings (SSSR count). The van der Waals surface area contributed by atoms with Gasteiger partial charge in [0.2, 0.25) is 5.91 Å². The molecule has 3 amide bonds. The first-order valence-electron chi connectivity index (χ1n) is 11.7. The largest absolute Gasteiger partial charge is 0.508 e. The lowest BCUT2D eigenvalue weighted by molar-refractivity contribution is -0.147. The summed E-state index contributed by atoms with van der Waals surface area (Å²) in [4.78, 5) is 41.0. The number of aromatic hydroxyl groups is 1. The van der Waals surface area contributed by atoms with Gasteiger partial charge in [0.1, 0.15) is 11.8 Å². The minimum atomic E-state index is -1.60. The molecule has 2 aromatic rings. The molecule has 0 radical (unpaired) electrons. The van der Waals surface area contributed by atoms with Crippen molar-refractivity contribution in [2.45, 2.75) is 50.1 Å². The Morgan fingerprint density at radius 2 is 1.89 bits per heavy atom. The summed E-state index contributed by atoms with van der Waals surface area (Å²) < 4.78 is -0.572. The number of benzene rings is 2. The summed E-state index contributed by atoms with van der Waals surface area (Å²) in [7, 11) is 0. The SMILES string of the molecule is C=CCNC(=O)[C@H]1N(C(=O)C(O)C(Cc2ccccc2)NC(=O)c2cccc(O)c2C)CSC1(C)C. The fourth-order valence-electron chi connectivity index (χ4n) is 4.25. The van der Waals surface area contributed by atoms with E-state index in [2.05, 4.69) is 17.2 Å². The molecule has 9 heteroatoms. The van der Waals surface area contributed by atoms with Crippen LogP contribution in [-0.4, -0.2) is 68.2 Å². The molecular weight excluding hydrogens is 478 g/mol. The number of hydrogen-bond donors (Lipinski definition) is 4. The van der Waals surface area contributed by atoms with E-state index in [1.807, 2.05) is 44.2 Å². The van der Waals surface area contributed by atoms with Crippen molar-refractivity contribution in [3.8, 4) is 5.75 Å². The lowest BCUT2D eigenvalue weighted by Gasteiger charge is -2.33. The van der Waals surface area contributed by atoms with Crippen molar-refractivity contribution in [3.05, 3.63) is 77.9 Å². The van der Waals surface area contributed by atoms with Gasteiger partial charge in [-0.15, -0.1) is 18.3 Å². The third kappa shape index (κ3) is 6.09. The normalized spacial score (nSPS) is 18.2. The number of aliphatic hydroxyl groups excluding tert-OH is 1. The van der Waals surface area contributed by atoms with Crippen LogP contribution >= 0.6 is 11.8 Å². The number of thioether (sulfide) groups is 1. The fourth-order valence-corrected chi connectivity index (χ4v) is 5.39. The molecule has 1 aliphatic heterocycles. The topological polar surface area (TPSA) is 119 Å². The number of hydrogen-bond acceptors (Lipinski definition) is 6. The lowest BCUT2D eigenvalue weighted by atomic mass is 9.96. The first kappa shape index (κ1) is 27.3. The second-order valence-corrected chi connectivity index (χ2v) is 10.9. The van der Waals surface area contributed by atoms with Crippen molar-refractivity contribution in [2.75, 3.05) is 12.4 Å². The molecule has 0 spiro atoms. The monoisotopic (exact) mass is 511 g/mol. The molecule has 1 fully saturated rings. The highest BCUT2D eigenvalue weighted by Gasteiger charge is 2.49. The maximum Gasteiger partial charge on any atom is 0.254 e. The molecule has 1 saturated heterocycles. The van der Waals surface area contributed by atoms with Crippen LogP contribution in [0.25, 0.3) is 0 Å². The van der Waals surface area contributed by atoms with Gasteiger partial charge >= 0.3 is 0 Å². The van der Waals surface area contributed by atoms with Crippen molar-refractivity contribution < 1.29 is 24.6 Å². The first-order chi connectivity index (χ1) is 17.1. The highest BCUT2D eigenvalue weighted by Crippen LogP contribution is 2.39. The van der Waals surface area contributed by atoms with E-state index in [0.717, 1.165) is 5.56 Å². The zero-order valence-electron chi connectivity index (χ0n) is 20.7. The number of nitrogens with one attached hydrogen (secondary N) is 2. The molecule has 4 N–H and O–H groups in total. The Kier molecular flexibility index (Phi) is 8.81. The van der Waals surface area contributed by atoms with Gasteiger partial charge in [-0.1, -0.05) is 42.5 Å². The van der Waals surface area contributed by atoms with Gasteiger partial charge in [0, 0.05) is 22.4 Å². The Morgan fingerprint density at radius 1 is 1.19 bits per heavy atom. The van der Waals surface area contributed by atoms with Crippen molar-refractivity contribution in [1.29, 1.82) is 0 Å². The molecule has 36 heavy (non-hydrogen) atoms. The van der Waals surface area contributed by atoms with Crippen LogP contribution in [0.5, 0.6) is 5.75 Å². The van der Waals surface area contributed by atoms with Gasteiger partial charge in [0.25, 0.3) is 11.8 Å². The van der Waals surface area contributed by atoms with E-state index in [4.69, 9.17) is 0 Å². The smallest absolute Gasteiger partial charge is 0.254 e. The Morgan fingerprint density at radius 3 is 2.56 bits per heavy atom. The van der Waals surface area contributed by atoms with E-state index in [-0.39, 0.29) is 36.1 Å². The standard InChI is InChI=1S/C27H33N3O5S/c1-5-14-28-25(34)23-27(3,4)36-16-30(23)26(35)22(32)20(15-18-10-7-6-8-11-18)29-24(33)19-12-9-13-21(31)17(19)2/h5-13,20,22-23,31-32H,1,14-16H2,2-4H3,(H,28,34)(H,29,33)/t20?,22?,23-/m1/s1. The Labute approximate surface area is 215 Å². The summed E-state index contributed by atoms with van der Waals surface area (Å²) >= 11 is 1.45. The number of amides is 3. The molecule has 0 bridgehead atoms. The molecule has 3 atom stereocenters. The Bertz CT molecular complexity index is 1120. The van der Waals surface area contributed by atoms with E-state index in [1.54, 1.807) is 25.1 Å². The van der Waals surface area contributed by atoms with E-state index >= 15 is 0 Å². The zero-order valence-corrected chi connectivity index (χ0v) is 21.5. The summed E-state index contributed by atoms with van der Waals surface area (Å²) in [6.45, 7) is 9.25. The van der Waals surface area contributed by atoms with Gasteiger partial charge in [0.15, 0.2) is 6.10 Å². The fraction of sp³-hybridized carbons (Fsp3) is 0.370. The van der Waals surface area contributed by atoms with Crippen LogP contribution in [0.15, 0.2) is 61.2 Å². The summed E-state index contributed by atoms with van der Waals surface area (Å²) in [5, 5.41) is 26.8. The van der Waals surface area contributed by atoms with Crippen LogP contribution in [-0.2, 0) is 16.0 Å². The predicted molar refractivity (Wildman–Crippen MR) is 141 cm³/mol. The van der Waals surface area contributed by atoms with Gasteiger partial charge < -0.3 is 25.7 Å². The molecule has 0 aliphatic carbocycles. The minimum Gasteiger partial charge on any atom is -0.508 e. The number of carbonyl (C=O) groups excluding carboxylic acids is 3. The van der Waals surface area contributed by atoms with E-state index in [0.29, 0.717) is 5.56 Å². The predicted octanol–water partition coefficient (Wildman–Crippen LogP) is 2.38. The number of aliphatic hydroxyl groups is 1. The molecule has 1 heterocycles. The van der Waals surface area contributed by atoms with Crippen LogP contribution in [0, 0.1) is 6.92 Å². The molecular formula is C27H33N3O5S. The summed E-state index contributed by atoms with van der Waals surface area (Å²) in [5.74, 6) is -1.28. The molecule has 2 aromatic carbocycles. The van der Waals surface area contributed by atoms with Crippen LogP contribution in [0.2, 0.25) is 0 Å². The third-order valence-corrected chi connectivity index (χ3v) is 7.67. The van der Waals surface area contributed by atoms with Crippen LogP contribution in [0.3, 0.4) is 0 Å². The van der Waals surface area contributed by atoms with Crippen LogP contribution in [0.4, 0.5) is 0 Å². The van der Waals surface area contributed by atoms with E-state index < -0.39 is 34.7 Å². The summed E-state index contributed by atoms with van der Waals surface area (Å²) in [6, 6.07) is 12.0. The van der Waals surface area contributed by atoms with E-state index in [9.17, 15) is 24.6 Å². The molecule has 1 aliphatic rings. The number of phenolic OH excluding ortho intramolecular Hbond substituents is 1. The second-order valence-electron chi connectivity index (χ2n) is 9.29. The van der Waals surface area contributed by atoms with E-state index in [1.165, 1.54) is 22.7 Å². The Hall–Kier alpha value is -3.30. The highest BCUT2D eigenvalue weighted by molar-refractivity contribution is 8.00. The van der Waals surface area contributed by atoms with Gasteiger partial charge in [-0.05, 0) is 44.9 Å². The average molecular weight is 512 g/mol. The van der Waals surface area contributed by atoms with Gasteiger partial charge in [-0.25, -0.2) is 0 Å². The maximum absolute atomic E-state index is 13.6. The number of rotatable bonds is 9. The van der Waals surface area contributed by atoms with Crippen molar-refractivity contribution in [1.82, 2.24) is 15.5 Å². The lowest BCUT2D eigenvalue weighted by Crippen LogP contribution is -2.58. The summed E-state index contributed by atoms with van der Waals surface area (Å²) in [5.41, 5.74) is 1.46. The minimum absolute atomic E-state index is 0.0245. The third-order valence-electron chi connectivity index (χ3n) is 6.30. The number of nitrogens with zero attached hydrogens (tertiary/aromatic N) is 1. The zero-order chi connectivity index (χ0) is 26.5. The van der Waals surface area contributed by atoms with Crippen molar-refractivity contribution in [3.63, 3.8) is 0 Å². The molecule has 2 unspecified atom stereocenters. The quantitative estimate of drug-likeness (QED) is 0.384. The van der Waals surface area contributed by atoms with Crippen LogP contribution in [0.1, 0.15) is 35.3 Å². The molecule has 0 aromatic heterocycles. The Balaban J connectivity index is 1.88. The number of phenols is 1. The summed E-state index contributed by atoms with van der Waals surface area (Å²) in [6.07, 6.45) is 0.147. The second kappa shape index (κ2) is 11.6. The van der Waals surface area contributed by atoms with Gasteiger partial charge in [-0.3, -0.25) is 14.4 Å². The first-order valence-corrected chi connectivity index (χ1v) is 12.7. The highest BCUT2D eigenvalue weighted by atomic mass is 32.2. The molecule has 192 valence electrons. The van der Waals surface area contributed by atoms with Gasteiger partial charge in [-0.2, -0.15) is 0 Å². The number of carbonyl (C=O) groups is 3. The van der Waals surface area contributed by atoms with Crippen LogP contribution < -0.4 is 10.6 Å². The van der Waals surface area contributed by atoms with Crippen molar-refractivity contribution in [2.24, 2.45) is 0 Å². The molecule has 8 nitrogen and oxygen atoms in total. The van der Waals surface area contributed by atoms with Gasteiger partial charge in [0.05, 0.1) is 11.9 Å². The maximum atomic E-state index is 13.6. The molecule has 0 saturated carbocycles. The van der Waals surface area contributed by atoms with Crippen molar-refractivity contribution >= 4 is 29.5 Å². The average Bonchev–Trinajstić information content (AvgIpc) is 3.18.